The van der Waals surface area contributed by atoms with E-state index in [9.17, 15) is 13.2 Å². The lowest BCUT2D eigenvalue weighted by molar-refractivity contribution is 0.0685. The van der Waals surface area contributed by atoms with Gasteiger partial charge in [0.2, 0.25) is 10.0 Å². The maximum absolute atomic E-state index is 12.6. The van der Waals surface area contributed by atoms with Crippen LogP contribution in [0.3, 0.4) is 0 Å². The predicted octanol–water partition coefficient (Wildman–Crippen LogP) is 4.70. The standard InChI is InChI=1S/C28H30N6O4S/c1-3-38-28(35)33-22-7-8-23(33)17-20(16-22)24-11-14-30-27-25(19-5-4-6-21(15-19)32-39(2,36)37)26(31-34(24)27)18-9-12-29-13-10-18/h4-6,9-15,20,22-23,32H,3,7-8,16-17H2,1-2H3. The minimum Gasteiger partial charge on any atom is -0.450 e. The van der Waals surface area contributed by atoms with Crippen LogP contribution in [0, 0.1) is 0 Å². The van der Waals surface area contributed by atoms with Crippen molar-refractivity contribution in [2.24, 2.45) is 0 Å². The monoisotopic (exact) mass is 546 g/mol. The first-order chi connectivity index (χ1) is 18.8. The maximum atomic E-state index is 12.6. The number of amides is 1. The second-order valence-electron chi connectivity index (χ2n) is 10.2. The van der Waals surface area contributed by atoms with E-state index >= 15 is 0 Å². The van der Waals surface area contributed by atoms with Gasteiger partial charge in [-0.2, -0.15) is 5.10 Å². The lowest BCUT2D eigenvalue weighted by Crippen LogP contribution is -2.46. The quantitative estimate of drug-likeness (QED) is 0.372. The topological polar surface area (TPSA) is 119 Å². The Labute approximate surface area is 227 Å². The van der Waals surface area contributed by atoms with E-state index in [4.69, 9.17) is 14.8 Å². The molecule has 1 amide bonds. The minimum atomic E-state index is -3.44. The maximum Gasteiger partial charge on any atom is 0.410 e. The lowest BCUT2D eigenvalue weighted by atomic mass is 9.88. The van der Waals surface area contributed by atoms with Gasteiger partial charge in [0.05, 0.1) is 18.4 Å². The number of benzene rings is 1. The molecule has 5 heterocycles. The number of carbonyl (C=O) groups is 1. The van der Waals surface area contributed by atoms with Crippen LogP contribution in [-0.2, 0) is 14.8 Å². The summed E-state index contributed by atoms with van der Waals surface area (Å²) in [7, 11) is -3.44. The molecule has 2 aliphatic heterocycles. The highest BCUT2D eigenvalue weighted by atomic mass is 32.2. The first-order valence-electron chi connectivity index (χ1n) is 13.1. The Kier molecular flexibility index (Phi) is 6.46. The molecular formula is C28H30N6O4S. The van der Waals surface area contributed by atoms with E-state index in [1.807, 2.05) is 52.9 Å². The fourth-order valence-corrected chi connectivity index (χ4v) is 6.67. The Morgan fingerprint density at radius 1 is 1.05 bits per heavy atom. The van der Waals surface area contributed by atoms with E-state index in [-0.39, 0.29) is 24.1 Å². The number of piperidine rings is 1. The van der Waals surface area contributed by atoms with Crippen LogP contribution in [-0.4, -0.2) is 63.9 Å². The zero-order valence-electron chi connectivity index (χ0n) is 21.8. The molecule has 2 unspecified atom stereocenters. The van der Waals surface area contributed by atoms with Crippen molar-refractivity contribution < 1.29 is 17.9 Å². The molecule has 11 heteroatoms. The van der Waals surface area contributed by atoms with Gasteiger partial charge in [-0.25, -0.2) is 22.7 Å². The molecule has 4 aromatic rings. The Morgan fingerprint density at radius 3 is 2.49 bits per heavy atom. The average molecular weight is 547 g/mol. The highest BCUT2D eigenvalue weighted by Crippen LogP contribution is 2.44. The van der Waals surface area contributed by atoms with E-state index in [1.165, 1.54) is 0 Å². The molecule has 2 aliphatic rings. The number of pyridine rings is 1. The van der Waals surface area contributed by atoms with Crippen LogP contribution in [0.4, 0.5) is 10.5 Å². The molecule has 0 radical (unpaired) electrons. The third kappa shape index (κ3) is 4.82. The Balaban J connectivity index is 1.45. The fraction of sp³-hybridized carbons (Fsp3) is 0.357. The summed E-state index contributed by atoms with van der Waals surface area (Å²) in [5.41, 5.74) is 5.44. The minimum absolute atomic E-state index is 0.143. The van der Waals surface area contributed by atoms with Crippen LogP contribution < -0.4 is 4.72 Å². The number of sulfonamides is 1. The zero-order chi connectivity index (χ0) is 27.1. The normalized spacial score (nSPS) is 20.8. The van der Waals surface area contributed by atoms with E-state index < -0.39 is 10.0 Å². The summed E-state index contributed by atoms with van der Waals surface area (Å²) in [4.78, 5) is 23.5. The largest absolute Gasteiger partial charge is 0.450 e. The van der Waals surface area contributed by atoms with Crippen LogP contribution in [0.2, 0.25) is 0 Å². The van der Waals surface area contributed by atoms with Gasteiger partial charge < -0.3 is 9.64 Å². The number of anilines is 1. The van der Waals surface area contributed by atoms with E-state index in [2.05, 4.69) is 9.71 Å². The number of ether oxygens (including phenoxy) is 1. The molecule has 10 nitrogen and oxygen atoms in total. The van der Waals surface area contributed by atoms with Gasteiger partial charge in [0.25, 0.3) is 0 Å². The van der Waals surface area contributed by atoms with Crippen LogP contribution in [0.1, 0.15) is 44.2 Å². The van der Waals surface area contributed by atoms with Crippen molar-refractivity contribution in [2.45, 2.75) is 50.6 Å². The molecule has 6 rings (SSSR count). The van der Waals surface area contributed by atoms with Crippen molar-refractivity contribution in [3.8, 4) is 22.4 Å². The van der Waals surface area contributed by atoms with Crippen molar-refractivity contribution in [1.29, 1.82) is 0 Å². The number of nitrogens with one attached hydrogen (secondary N) is 1. The third-order valence-corrected chi connectivity index (χ3v) is 8.19. The Bertz CT molecular complexity index is 1620. The molecule has 2 fully saturated rings. The number of rotatable bonds is 6. The van der Waals surface area contributed by atoms with Crippen molar-refractivity contribution in [3.63, 3.8) is 0 Å². The molecule has 2 atom stereocenters. The van der Waals surface area contributed by atoms with Gasteiger partial charge in [-0.3, -0.25) is 9.71 Å². The van der Waals surface area contributed by atoms with Gasteiger partial charge in [0, 0.05) is 53.5 Å². The molecular weight excluding hydrogens is 516 g/mol. The molecule has 39 heavy (non-hydrogen) atoms. The van der Waals surface area contributed by atoms with Gasteiger partial charge in [-0.15, -0.1) is 0 Å². The highest BCUT2D eigenvalue weighted by Gasteiger charge is 2.45. The van der Waals surface area contributed by atoms with Gasteiger partial charge in [-0.05, 0) is 68.5 Å². The first-order valence-corrected chi connectivity index (χ1v) is 15.0. The van der Waals surface area contributed by atoms with E-state index in [1.54, 1.807) is 24.5 Å². The van der Waals surface area contributed by atoms with Crippen LogP contribution in [0.25, 0.3) is 28.0 Å². The van der Waals surface area contributed by atoms with Gasteiger partial charge in [0.1, 0.15) is 5.69 Å². The zero-order valence-corrected chi connectivity index (χ0v) is 22.6. The van der Waals surface area contributed by atoms with Gasteiger partial charge in [-0.1, -0.05) is 12.1 Å². The number of nitrogens with zero attached hydrogens (tertiary/aromatic N) is 5. The van der Waals surface area contributed by atoms with E-state index in [0.29, 0.717) is 17.9 Å². The Morgan fingerprint density at radius 2 is 1.79 bits per heavy atom. The third-order valence-electron chi connectivity index (χ3n) is 7.59. The van der Waals surface area contributed by atoms with Crippen molar-refractivity contribution in [3.05, 3.63) is 66.7 Å². The molecule has 3 aromatic heterocycles. The molecule has 202 valence electrons. The molecule has 1 aromatic carbocycles. The highest BCUT2D eigenvalue weighted by molar-refractivity contribution is 7.92. The van der Waals surface area contributed by atoms with Crippen LogP contribution in [0.15, 0.2) is 61.1 Å². The first kappa shape index (κ1) is 25.3. The average Bonchev–Trinajstić information content (AvgIpc) is 3.43. The number of hydrogen-bond donors (Lipinski definition) is 1. The predicted molar refractivity (Wildman–Crippen MR) is 148 cm³/mol. The number of carbonyl (C=O) groups excluding carboxylic acids is 1. The molecule has 2 saturated heterocycles. The van der Waals surface area contributed by atoms with Crippen molar-refractivity contribution in [1.82, 2.24) is 24.5 Å². The lowest BCUT2D eigenvalue weighted by Gasteiger charge is -2.38. The summed E-state index contributed by atoms with van der Waals surface area (Å²) in [6, 6.07) is 13.4. The number of fused-ring (bicyclic) bond motifs is 3. The summed E-state index contributed by atoms with van der Waals surface area (Å²) < 4.78 is 33.6. The molecule has 0 spiro atoms. The van der Waals surface area contributed by atoms with Crippen LogP contribution >= 0.6 is 0 Å². The summed E-state index contributed by atoms with van der Waals surface area (Å²) >= 11 is 0. The molecule has 0 saturated carbocycles. The van der Waals surface area contributed by atoms with Crippen molar-refractivity contribution >= 4 is 27.5 Å². The molecule has 1 N–H and O–H groups in total. The number of hydrogen-bond acceptors (Lipinski definition) is 7. The summed E-state index contributed by atoms with van der Waals surface area (Å²) in [5, 5.41) is 5.08. The smallest absolute Gasteiger partial charge is 0.410 e. The summed E-state index contributed by atoms with van der Waals surface area (Å²) in [6.07, 6.45) is 9.79. The molecule has 0 aliphatic carbocycles. The van der Waals surface area contributed by atoms with Gasteiger partial charge in [0.15, 0.2) is 5.65 Å². The second kappa shape index (κ2) is 9.96. The summed E-state index contributed by atoms with van der Waals surface area (Å²) in [5.74, 6) is 0.204. The number of aromatic nitrogens is 4. The Hall–Kier alpha value is -3.99. The fourth-order valence-electron chi connectivity index (χ4n) is 6.12. The summed E-state index contributed by atoms with van der Waals surface area (Å²) in [6.45, 7) is 2.21. The molecule has 2 bridgehead atoms. The van der Waals surface area contributed by atoms with Crippen LogP contribution in [0.5, 0.6) is 0 Å². The SMILES string of the molecule is CCOC(=O)N1C2CCC1CC(c1ccnc3c(-c4cccc(NS(C)(=O)=O)c4)c(-c4ccncc4)nn13)C2. The second-order valence-corrected chi connectivity index (χ2v) is 11.9. The van der Waals surface area contributed by atoms with E-state index in [0.717, 1.165) is 60.0 Å². The van der Waals surface area contributed by atoms with Crippen molar-refractivity contribution in [2.75, 3.05) is 17.6 Å². The van der Waals surface area contributed by atoms with Gasteiger partial charge >= 0.3 is 6.09 Å².